The molecule has 0 aliphatic heterocycles. The van der Waals surface area contributed by atoms with Gasteiger partial charge in [0.25, 0.3) is 5.91 Å². The van der Waals surface area contributed by atoms with Gasteiger partial charge in [-0.25, -0.2) is 8.42 Å². The Morgan fingerprint density at radius 2 is 1.88 bits per heavy atom. The van der Waals surface area contributed by atoms with Crippen molar-refractivity contribution in [1.82, 2.24) is 9.62 Å². The number of sulfonamides is 1. The van der Waals surface area contributed by atoms with Crippen LogP contribution in [-0.2, 0) is 10.0 Å². The number of rotatable bonds is 7. The van der Waals surface area contributed by atoms with Gasteiger partial charge < -0.3 is 11.1 Å². The number of aryl methyl sites for hydroxylation is 1. The molecule has 0 heterocycles. The summed E-state index contributed by atoms with van der Waals surface area (Å²) in [6.07, 6.45) is 4.17. The average Bonchev–Trinajstić information content (AvgIpc) is 2.63. The molecule has 1 saturated carbocycles. The zero-order valence-electron chi connectivity index (χ0n) is 16.0. The predicted octanol–water partition coefficient (Wildman–Crippen LogP) is 2.27. The fourth-order valence-corrected chi connectivity index (χ4v) is 5.13. The first-order valence-corrected chi connectivity index (χ1v) is 10.9. The lowest BCUT2D eigenvalue weighted by Crippen LogP contribution is -2.45. The largest absolute Gasteiger partial charge is 0.349 e. The van der Waals surface area contributed by atoms with Crippen molar-refractivity contribution in [1.29, 1.82) is 0 Å². The molecule has 2 unspecified atom stereocenters. The lowest BCUT2D eigenvalue weighted by Gasteiger charge is -2.31. The van der Waals surface area contributed by atoms with Gasteiger partial charge in [-0.3, -0.25) is 4.79 Å². The summed E-state index contributed by atoms with van der Waals surface area (Å²) in [5.41, 5.74) is 7.03. The zero-order valence-corrected chi connectivity index (χ0v) is 16.8. The highest BCUT2D eigenvalue weighted by molar-refractivity contribution is 7.89. The van der Waals surface area contributed by atoms with Crippen molar-refractivity contribution >= 4 is 15.9 Å². The molecule has 2 atom stereocenters. The van der Waals surface area contributed by atoms with Gasteiger partial charge in [0.05, 0.1) is 4.90 Å². The van der Waals surface area contributed by atoms with E-state index in [0.717, 1.165) is 31.2 Å². The van der Waals surface area contributed by atoms with Crippen LogP contribution in [-0.4, -0.2) is 44.3 Å². The molecule has 0 saturated heterocycles. The standard InChI is InChI=1S/C19H31N3O3S/c1-4-22(5-2)26(24,25)16-11-10-14(3)17(12-16)19(23)21-18-9-7-6-8-15(18)13-20/h10-12,15,18H,4-9,13,20H2,1-3H3,(H,21,23). The van der Waals surface area contributed by atoms with E-state index in [2.05, 4.69) is 5.32 Å². The van der Waals surface area contributed by atoms with Gasteiger partial charge in [-0.1, -0.05) is 32.8 Å². The number of hydrogen-bond acceptors (Lipinski definition) is 4. The molecule has 1 fully saturated rings. The number of carbonyl (C=O) groups excluding carboxylic acids is 1. The van der Waals surface area contributed by atoms with E-state index in [9.17, 15) is 13.2 Å². The highest BCUT2D eigenvalue weighted by Gasteiger charge is 2.27. The van der Waals surface area contributed by atoms with E-state index in [1.165, 1.54) is 10.4 Å². The summed E-state index contributed by atoms with van der Waals surface area (Å²) in [5, 5.41) is 3.09. The summed E-state index contributed by atoms with van der Waals surface area (Å²) in [5.74, 6) is 0.0695. The molecule has 1 aliphatic rings. The molecule has 0 spiro atoms. The quantitative estimate of drug-likeness (QED) is 0.758. The molecule has 1 aromatic rings. The Morgan fingerprint density at radius 1 is 1.23 bits per heavy atom. The Labute approximate surface area is 157 Å². The van der Waals surface area contributed by atoms with Gasteiger partial charge in [-0.15, -0.1) is 0 Å². The van der Waals surface area contributed by atoms with Crippen LogP contribution in [0.3, 0.4) is 0 Å². The Balaban J connectivity index is 2.27. The Kier molecular flexibility index (Phi) is 7.20. The maximum atomic E-state index is 12.8. The summed E-state index contributed by atoms with van der Waals surface area (Å²) in [6.45, 7) is 6.78. The van der Waals surface area contributed by atoms with Crippen LogP contribution in [0.15, 0.2) is 23.1 Å². The first-order valence-electron chi connectivity index (χ1n) is 9.46. The number of nitrogens with zero attached hydrogens (tertiary/aromatic N) is 1. The first kappa shape index (κ1) is 20.9. The second-order valence-electron chi connectivity index (χ2n) is 6.93. The molecule has 1 aliphatic carbocycles. The maximum Gasteiger partial charge on any atom is 0.251 e. The summed E-state index contributed by atoms with van der Waals surface area (Å²) < 4.78 is 26.9. The highest BCUT2D eigenvalue weighted by atomic mass is 32.2. The minimum atomic E-state index is -3.59. The maximum absolute atomic E-state index is 12.8. The van der Waals surface area contributed by atoms with Crippen LogP contribution in [0.5, 0.6) is 0 Å². The van der Waals surface area contributed by atoms with Crippen molar-refractivity contribution in [2.45, 2.75) is 57.4 Å². The van der Waals surface area contributed by atoms with E-state index in [1.54, 1.807) is 26.0 Å². The molecule has 0 radical (unpaired) electrons. The molecule has 1 aromatic carbocycles. The second kappa shape index (κ2) is 8.97. The molecule has 1 amide bonds. The van der Waals surface area contributed by atoms with Gasteiger partial charge >= 0.3 is 0 Å². The van der Waals surface area contributed by atoms with Gasteiger partial charge in [-0.05, 0) is 49.9 Å². The lowest BCUT2D eigenvalue weighted by molar-refractivity contribution is 0.0907. The second-order valence-corrected chi connectivity index (χ2v) is 8.86. The normalized spacial score (nSPS) is 21.0. The average molecular weight is 382 g/mol. The molecule has 0 bridgehead atoms. The number of amides is 1. The third-order valence-corrected chi connectivity index (χ3v) is 7.37. The molecular formula is C19H31N3O3S. The molecule has 7 heteroatoms. The van der Waals surface area contributed by atoms with Crippen LogP contribution in [0.2, 0.25) is 0 Å². The summed E-state index contributed by atoms with van der Waals surface area (Å²) in [4.78, 5) is 13.0. The number of hydrogen-bond donors (Lipinski definition) is 2. The summed E-state index contributed by atoms with van der Waals surface area (Å²) >= 11 is 0. The SMILES string of the molecule is CCN(CC)S(=O)(=O)c1ccc(C)c(C(=O)NC2CCCCC2CN)c1. The number of benzene rings is 1. The number of carbonyl (C=O) groups is 1. The molecule has 146 valence electrons. The molecule has 6 nitrogen and oxygen atoms in total. The predicted molar refractivity (Wildman–Crippen MR) is 104 cm³/mol. The third-order valence-electron chi connectivity index (χ3n) is 5.33. The van der Waals surface area contributed by atoms with E-state index in [-0.39, 0.29) is 22.8 Å². The highest BCUT2D eigenvalue weighted by Crippen LogP contribution is 2.25. The van der Waals surface area contributed by atoms with E-state index >= 15 is 0 Å². The summed E-state index contributed by atoms with van der Waals surface area (Å²) in [7, 11) is -3.59. The van der Waals surface area contributed by atoms with Crippen molar-refractivity contribution in [3.05, 3.63) is 29.3 Å². The molecule has 3 N–H and O–H groups in total. The molecule has 26 heavy (non-hydrogen) atoms. The smallest absolute Gasteiger partial charge is 0.251 e. The van der Waals surface area contributed by atoms with Crippen LogP contribution < -0.4 is 11.1 Å². The van der Waals surface area contributed by atoms with Crippen LogP contribution in [0.4, 0.5) is 0 Å². The van der Waals surface area contributed by atoms with Crippen molar-refractivity contribution in [3.63, 3.8) is 0 Å². The fourth-order valence-electron chi connectivity index (χ4n) is 3.64. The number of nitrogens with two attached hydrogens (primary N) is 1. The minimum absolute atomic E-state index is 0.0590. The Hall–Kier alpha value is -1.44. The van der Waals surface area contributed by atoms with E-state index in [0.29, 0.717) is 25.2 Å². The van der Waals surface area contributed by atoms with Crippen LogP contribution >= 0.6 is 0 Å². The van der Waals surface area contributed by atoms with Crippen molar-refractivity contribution in [3.8, 4) is 0 Å². The van der Waals surface area contributed by atoms with Gasteiger partial charge in [0.2, 0.25) is 10.0 Å². The van der Waals surface area contributed by atoms with Gasteiger partial charge in [0.1, 0.15) is 0 Å². The van der Waals surface area contributed by atoms with E-state index in [1.807, 2.05) is 6.92 Å². The Bertz CT molecular complexity index is 730. The lowest BCUT2D eigenvalue weighted by atomic mass is 9.84. The molecule has 0 aromatic heterocycles. The van der Waals surface area contributed by atoms with Crippen LogP contribution in [0.25, 0.3) is 0 Å². The first-order chi connectivity index (χ1) is 12.3. The monoisotopic (exact) mass is 381 g/mol. The van der Waals surface area contributed by atoms with Gasteiger partial charge in [0, 0.05) is 24.7 Å². The van der Waals surface area contributed by atoms with Crippen molar-refractivity contribution < 1.29 is 13.2 Å². The van der Waals surface area contributed by atoms with Gasteiger partial charge in [-0.2, -0.15) is 4.31 Å². The zero-order chi connectivity index (χ0) is 19.3. The topological polar surface area (TPSA) is 92.5 Å². The van der Waals surface area contributed by atoms with Crippen LogP contribution in [0, 0.1) is 12.8 Å². The summed E-state index contributed by atoms with van der Waals surface area (Å²) in [6, 6.07) is 4.83. The van der Waals surface area contributed by atoms with Gasteiger partial charge in [0.15, 0.2) is 0 Å². The number of nitrogens with one attached hydrogen (secondary N) is 1. The van der Waals surface area contributed by atoms with E-state index < -0.39 is 10.0 Å². The fraction of sp³-hybridized carbons (Fsp3) is 0.632. The Morgan fingerprint density at radius 3 is 2.50 bits per heavy atom. The van der Waals surface area contributed by atoms with Crippen molar-refractivity contribution in [2.75, 3.05) is 19.6 Å². The minimum Gasteiger partial charge on any atom is -0.349 e. The third kappa shape index (κ3) is 4.45. The van der Waals surface area contributed by atoms with Crippen LogP contribution in [0.1, 0.15) is 55.5 Å². The molecule has 2 rings (SSSR count). The molecular weight excluding hydrogens is 350 g/mol. The van der Waals surface area contributed by atoms with Crippen molar-refractivity contribution in [2.24, 2.45) is 11.7 Å². The van der Waals surface area contributed by atoms with E-state index in [4.69, 9.17) is 5.73 Å².